The summed E-state index contributed by atoms with van der Waals surface area (Å²) in [5.41, 5.74) is 7.01. The third-order valence-corrected chi connectivity index (χ3v) is 11.6. The predicted octanol–water partition coefficient (Wildman–Crippen LogP) is 8.98. The summed E-state index contributed by atoms with van der Waals surface area (Å²) in [6.07, 6.45) is 17.8. The van der Waals surface area contributed by atoms with Crippen LogP contribution in [0.2, 0.25) is 0 Å². The van der Waals surface area contributed by atoms with Crippen LogP contribution in [0.1, 0.15) is 158 Å². The number of nitrogens with two attached hydrogens (primary N) is 1. The first-order valence-corrected chi connectivity index (χ1v) is 18.2. The standard InChI is InChI=1S/C38H61N3O3/c1-6-7-8-9-27-10-12-30(13-11-27)37(43)40-33-23-31(36(39)42)22-32(24-33)38(44)41(34-18-14-28(15-19-34)25(2)3)35-20-16-29(17-21-35)26(4)5/h22-30,34-35H,6-21H2,1-5H3,(H2,39,42)(H,40,43). The van der Waals surface area contributed by atoms with Crippen molar-refractivity contribution in [2.45, 2.75) is 149 Å². The number of carbonyl (C=O) groups excluding carboxylic acids is 3. The molecule has 0 aliphatic heterocycles. The molecule has 6 nitrogen and oxygen atoms in total. The van der Waals surface area contributed by atoms with Crippen LogP contribution >= 0.6 is 0 Å². The van der Waals surface area contributed by atoms with Crippen molar-refractivity contribution < 1.29 is 14.4 Å². The Balaban J connectivity index is 1.51. The zero-order chi connectivity index (χ0) is 31.8. The van der Waals surface area contributed by atoms with Crippen LogP contribution < -0.4 is 11.1 Å². The number of nitrogens with one attached hydrogen (secondary N) is 1. The predicted molar refractivity (Wildman–Crippen MR) is 181 cm³/mol. The molecule has 0 bridgehead atoms. The van der Waals surface area contributed by atoms with Gasteiger partial charge in [0, 0.05) is 34.8 Å². The number of hydrogen-bond acceptors (Lipinski definition) is 3. The molecule has 1 aromatic carbocycles. The lowest BCUT2D eigenvalue weighted by molar-refractivity contribution is -0.121. The molecule has 246 valence electrons. The van der Waals surface area contributed by atoms with Crippen LogP contribution in [0.5, 0.6) is 0 Å². The lowest BCUT2D eigenvalue weighted by Gasteiger charge is -2.45. The largest absolute Gasteiger partial charge is 0.366 e. The van der Waals surface area contributed by atoms with Gasteiger partial charge in [-0.3, -0.25) is 14.4 Å². The first-order valence-electron chi connectivity index (χ1n) is 18.2. The minimum Gasteiger partial charge on any atom is -0.366 e. The molecule has 1 aromatic rings. The van der Waals surface area contributed by atoms with Crippen molar-refractivity contribution in [2.75, 3.05) is 5.32 Å². The Morgan fingerprint density at radius 1 is 0.750 bits per heavy atom. The van der Waals surface area contributed by atoms with Gasteiger partial charge in [0.15, 0.2) is 0 Å². The fraction of sp³-hybridized carbons (Fsp3) is 0.763. The molecule has 0 spiro atoms. The minimum atomic E-state index is -0.579. The molecule has 3 fully saturated rings. The lowest BCUT2D eigenvalue weighted by Crippen LogP contribution is -2.50. The number of unbranched alkanes of at least 4 members (excludes halogenated alkanes) is 2. The fourth-order valence-corrected chi connectivity index (χ4v) is 8.48. The number of primary amides is 1. The maximum atomic E-state index is 14.5. The molecule has 0 saturated heterocycles. The topological polar surface area (TPSA) is 92.5 Å². The molecule has 0 radical (unpaired) electrons. The highest BCUT2D eigenvalue weighted by molar-refractivity contribution is 6.02. The van der Waals surface area contributed by atoms with Crippen LogP contribution in [0.15, 0.2) is 18.2 Å². The van der Waals surface area contributed by atoms with Gasteiger partial charge in [0.25, 0.3) is 5.91 Å². The zero-order valence-electron chi connectivity index (χ0n) is 28.4. The molecule has 0 unspecified atom stereocenters. The second-order valence-corrected chi connectivity index (χ2v) is 15.2. The third-order valence-electron chi connectivity index (χ3n) is 11.6. The number of rotatable bonds is 12. The average molecular weight is 608 g/mol. The van der Waals surface area contributed by atoms with E-state index in [0.717, 1.165) is 83.0 Å². The number of benzene rings is 1. The van der Waals surface area contributed by atoms with Crippen LogP contribution in [0.4, 0.5) is 5.69 Å². The van der Waals surface area contributed by atoms with Crippen molar-refractivity contribution in [3.05, 3.63) is 29.3 Å². The summed E-state index contributed by atoms with van der Waals surface area (Å²) in [5, 5.41) is 3.09. The van der Waals surface area contributed by atoms with E-state index in [1.165, 1.54) is 25.7 Å². The Morgan fingerprint density at radius 3 is 1.75 bits per heavy atom. The summed E-state index contributed by atoms with van der Waals surface area (Å²) >= 11 is 0. The van der Waals surface area contributed by atoms with E-state index in [1.54, 1.807) is 18.2 Å². The molecule has 0 aromatic heterocycles. The Morgan fingerprint density at radius 2 is 1.27 bits per heavy atom. The van der Waals surface area contributed by atoms with Gasteiger partial charge in [-0.05, 0) is 125 Å². The Kier molecular flexibility index (Phi) is 12.8. The normalized spacial score (nSPS) is 27.7. The van der Waals surface area contributed by atoms with Gasteiger partial charge in [-0.2, -0.15) is 0 Å². The van der Waals surface area contributed by atoms with Gasteiger partial charge in [0.05, 0.1) is 0 Å². The molecule has 6 heteroatoms. The van der Waals surface area contributed by atoms with Crippen LogP contribution in [0.3, 0.4) is 0 Å². The quantitative estimate of drug-likeness (QED) is 0.232. The zero-order valence-corrected chi connectivity index (χ0v) is 28.4. The molecule has 44 heavy (non-hydrogen) atoms. The van der Waals surface area contributed by atoms with Crippen molar-refractivity contribution in [1.29, 1.82) is 0 Å². The first kappa shape index (κ1) is 34.5. The smallest absolute Gasteiger partial charge is 0.254 e. The number of hydrogen-bond donors (Lipinski definition) is 2. The van der Waals surface area contributed by atoms with Crippen LogP contribution in [-0.4, -0.2) is 34.7 Å². The van der Waals surface area contributed by atoms with Crippen molar-refractivity contribution in [2.24, 2.45) is 41.2 Å². The van der Waals surface area contributed by atoms with Gasteiger partial charge in [-0.1, -0.05) is 60.3 Å². The maximum Gasteiger partial charge on any atom is 0.254 e. The van der Waals surface area contributed by atoms with Gasteiger partial charge >= 0.3 is 0 Å². The van der Waals surface area contributed by atoms with E-state index in [0.29, 0.717) is 34.9 Å². The minimum absolute atomic E-state index is 0.00657. The van der Waals surface area contributed by atoms with E-state index in [2.05, 4.69) is 44.8 Å². The van der Waals surface area contributed by atoms with E-state index in [-0.39, 0.29) is 35.4 Å². The molecule has 0 heterocycles. The number of amides is 3. The molecule has 4 rings (SSSR count). The molecule has 0 atom stereocenters. The monoisotopic (exact) mass is 607 g/mol. The van der Waals surface area contributed by atoms with Crippen LogP contribution in [0, 0.1) is 35.5 Å². The van der Waals surface area contributed by atoms with Crippen LogP contribution in [-0.2, 0) is 4.79 Å². The molecule has 3 aliphatic rings. The van der Waals surface area contributed by atoms with Gasteiger partial charge in [-0.15, -0.1) is 0 Å². The number of anilines is 1. The summed E-state index contributed by atoms with van der Waals surface area (Å²) in [4.78, 5) is 42.5. The maximum absolute atomic E-state index is 14.5. The van der Waals surface area contributed by atoms with E-state index in [9.17, 15) is 14.4 Å². The molecule has 3 N–H and O–H groups in total. The van der Waals surface area contributed by atoms with E-state index in [1.807, 2.05) is 0 Å². The van der Waals surface area contributed by atoms with Crippen molar-refractivity contribution in [3.8, 4) is 0 Å². The first-order chi connectivity index (χ1) is 21.1. The molecule has 3 saturated carbocycles. The molecule has 3 amide bonds. The van der Waals surface area contributed by atoms with E-state index in [4.69, 9.17) is 5.73 Å². The summed E-state index contributed by atoms with van der Waals surface area (Å²) in [6, 6.07) is 5.49. The number of nitrogens with zero attached hydrogens (tertiary/aromatic N) is 1. The highest BCUT2D eigenvalue weighted by Gasteiger charge is 2.37. The van der Waals surface area contributed by atoms with Crippen LogP contribution in [0.25, 0.3) is 0 Å². The summed E-state index contributed by atoms with van der Waals surface area (Å²) in [7, 11) is 0. The Labute approximate surface area is 267 Å². The second kappa shape index (κ2) is 16.3. The fourth-order valence-electron chi connectivity index (χ4n) is 8.48. The SMILES string of the molecule is CCCCCC1CCC(C(=O)Nc2cc(C(N)=O)cc(C(=O)N(C3CCC(C(C)C)CC3)C3CCC(C(C)C)CC3)c2)CC1. The van der Waals surface area contributed by atoms with E-state index < -0.39 is 5.91 Å². The lowest BCUT2D eigenvalue weighted by atomic mass is 9.76. The Hall–Kier alpha value is -2.37. The van der Waals surface area contributed by atoms with Gasteiger partial charge in [-0.25, -0.2) is 0 Å². The Bertz CT molecular complexity index is 1060. The van der Waals surface area contributed by atoms with Crippen molar-refractivity contribution >= 4 is 23.4 Å². The van der Waals surface area contributed by atoms with E-state index >= 15 is 0 Å². The van der Waals surface area contributed by atoms with Crippen molar-refractivity contribution in [1.82, 2.24) is 4.90 Å². The number of carbonyl (C=O) groups is 3. The van der Waals surface area contributed by atoms with Crippen molar-refractivity contribution in [3.63, 3.8) is 0 Å². The van der Waals surface area contributed by atoms with Gasteiger partial charge in [0.1, 0.15) is 0 Å². The highest BCUT2D eigenvalue weighted by Crippen LogP contribution is 2.39. The highest BCUT2D eigenvalue weighted by atomic mass is 16.2. The second-order valence-electron chi connectivity index (χ2n) is 15.2. The summed E-state index contributed by atoms with van der Waals surface area (Å²) in [5.74, 6) is 2.85. The average Bonchev–Trinajstić information content (AvgIpc) is 3.02. The molecule has 3 aliphatic carbocycles. The molecular formula is C38H61N3O3. The summed E-state index contributed by atoms with van der Waals surface area (Å²) in [6.45, 7) is 11.5. The molecular weight excluding hydrogens is 546 g/mol. The third kappa shape index (κ3) is 9.10. The summed E-state index contributed by atoms with van der Waals surface area (Å²) < 4.78 is 0. The van der Waals surface area contributed by atoms with Gasteiger partial charge < -0.3 is 16.0 Å². The van der Waals surface area contributed by atoms with Gasteiger partial charge in [0.2, 0.25) is 11.8 Å².